The zero-order valence-corrected chi connectivity index (χ0v) is 11.9. The molecule has 114 valence electrons. The summed E-state index contributed by atoms with van der Waals surface area (Å²) in [6.45, 7) is 1.73. The van der Waals surface area contributed by atoms with Crippen molar-refractivity contribution in [3.63, 3.8) is 0 Å². The van der Waals surface area contributed by atoms with Crippen LogP contribution in [0.15, 0.2) is 35.1 Å². The lowest BCUT2D eigenvalue weighted by Crippen LogP contribution is -2.35. The average molecular weight is 302 g/mol. The summed E-state index contributed by atoms with van der Waals surface area (Å²) in [7, 11) is 0. The first-order valence-electron chi connectivity index (χ1n) is 6.83. The van der Waals surface area contributed by atoms with Gasteiger partial charge < -0.3 is 4.74 Å². The van der Waals surface area contributed by atoms with E-state index in [1.165, 1.54) is 4.90 Å². The molecule has 0 saturated carbocycles. The molecule has 2 aromatic rings. The monoisotopic (exact) mass is 302 g/mol. The Morgan fingerprint density at radius 1 is 1.27 bits per heavy atom. The number of fused-ring (bicyclic) bond motifs is 1. The molecule has 3 rings (SSSR count). The molecule has 0 fully saturated rings. The summed E-state index contributed by atoms with van der Waals surface area (Å²) in [6.07, 6.45) is 0. The fourth-order valence-corrected chi connectivity index (χ4v) is 2.36. The molecule has 0 aliphatic carbocycles. The zero-order valence-electron chi connectivity index (χ0n) is 11.9. The van der Waals surface area contributed by atoms with Gasteiger partial charge in [0.05, 0.1) is 13.2 Å². The normalized spacial score (nSPS) is 13.3. The highest BCUT2D eigenvalue weighted by Gasteiger charge is 2.33. The van der Waals surface area contributed by atoms with E-state index in [9.17, 15) is 14.4 Å². The lowest BCUT2D eigenvalue weighted by molar-refractivity contribution is -0.144. The van der Waals surface area contributed by atoms with Gasteiger partial charge in [0.25, 0.3) is 0 Å². The van der Waals surface area contributed by atoms with Crippen molar-refractivity contribution in [2.24, 2.45) is 0 Å². The molecule has 0 unspecified atom stereocenters. The highest BCUT2D eigenvalue weighted by Crippen LogP contribution is 2.22. The SMILES string of the molecule is CCOC(=O)Cn1c(=O)nc2n1C(=O)N(c1ccccc1)C2. The van der Waals surface area contributed by atoms with Gasteiger partial charge in [-0.15, -0.1) is 0 Å². The molecular weight excluding hydrogens is 288 g/mol. The van der Waals surface area contributed by atoms with Crippen molar-refractivity contribution in [3.05, 3.63) is 46.6 Å². The second kappa shape index (κ2) is 5.47. The first-order chi connectivity index (χ1) is 10.6. The second-order valence-corrected chi connectivity index (χ2v) is 4.69. The van der Waals surface area contributed by atoms with Crippen LogP contribution in [0.4, 0.5) is 10.5 Å². The molecule has 2 heterocycles. The minimum atomic E-state index is -0.635. The lowest BCUT2D eigenvalue weighted by Gasteiger charge is -2.15. The van der Waals surface area contributed by atoms with Crippen molar-refractivity contribution in [2.45, 2.75) is 20.0 Å². The molecule has 0 atom stereocenters. The van der Waals surface area contributed by atoms with Gasteiger partial charge >= 0.3 is 17.7 Å². The highest BCUT2D eigenvalue weighted by atomic mass is 16.5. The van der Waals surface area contributed by atoms with Crippen molar-refractivity contribution in [1.82, 2.24) is 14.3 Å². The van der Waals surface area contributed by atoms with Crippen LogP contribution in [0.1, 0.15) is 12.7 Å². The third-order valence-electron chi connectivity index (χ3n) is 3.30. The Bertz CT molecular complexity index is 778. The van der Waals surface area contributed by atoms with Gasteiger partial charge in [-0.1, -0.05) is 18.2 Å². The second-order valence-electron chi connectivity index (χ2n) is 4.69. The van der Waals surface area contributed by atoms with E-state index < -0.39 is 17.7 Å². The average Bonchev–Trinajstić information content (AvgIpc) is 2.98. The van der Waals surface area contributed by atoms with Crippen molar-refractivity contribution < 1.29 is 14.3 Å². The van der Waals surface area contributed by atoms with Gasteiger partial charge in [-0.3, -0.25) is 9.69 Å². The minimum absolute atomic E-state index is 0.188. The summed E-state index contributed by atoms with van der Waals surface area (Å²) in [5.74, 6) is -0.276. The molecule has 1 aliphatic heterocycles. The Labute approximate surface area is 125 Å². The number of benzene rings is 1. The quantitative estimate of drug-likeness (QED) is 0.772. The fraction of sp³-hybridized carbons (Fsp3) is 0.286. The largest absolute Gasteiger partial charge is 0.465 e. The molecule has 0 saturated heterocycles. The number of carbonyl (C=O) groups excluding carboxylic acids is 2. The van der Waals surface area contributed by atoms with Crippen LogP contribution in [0.2, 0.25) is 0 Å². The molecule has 1 aliphatic rings. The van der Waals surface area contributed by atoms with Crippen molar-refractivity contribution >= 4 is 17.7 Å². The molecule has 0 spiro atoms. The number of rotatable bonds is 4. The maximum Gasteiger partial charge on any atom is 0.365 e. The van der Waals surface area contributed by atoms with E-state index >= 15 is 0 Å². The van der Waals surface area contributed by atoms with E-state index in [-0.39, 0.29) is 19.7 Å². The molecule has 8 heteroatoms. The van der Waals surface area contributed by atoms with Crippen LogP contribution < -0.4 is 10.6 Å². The fourth-order valence-electron chi connectivity index (χ4n) is 2.36. The van der Waals surface area contributed by atoms with Crippen LogP contribution in [0.25, 0.3) is 0 Å². The van der Waals surface area contributed by atoms with E-state index in [2.05, 4.69) is 4.98 Å². The smallest absolute Gasteiger partial charge is 0.365 e. The van der Waals surface area contributed by atoms with Gasteiger partial charge in [0, 0.05) is 5.69 Å². The molecular formula is C14H14N4O4. The van der Waals surface area contributed by atoms with E-state index in [4.69, 9.17) is 4.74 Å². The lowest BCUT2D eigenvalue weighted by atomic mass is 10.3. The Kier molecular flexibility index (Phi) is 3.50. The van der Waals surface area contributed by atoms with Gasteiger partial charge in [0.15, 0.2) is 5.82 Å². The Balaban J connectivity index is 1.93. The van der Waals surface area contributed by atoms with Gasteiger partial charge in [0.1, 0.15) is 6.54 Å². The summed E-state index contributed by atoms with van der Waals surface area (Å²) in [6, 6.07) is 8.64. The number of nitrogens with zero attached hydrogens (tertiary/aromatic N) is 4. The highest BCUT2D eigenvalue weighted by molar-refractivity contribution is 5.95. The molecule has 8 nitrogen and oxygen atoms in total. The van der Waals surface area contributed by atoms with Gasteiger partial charge in [-0.25, -0.2) is 14.3 Å². The predicted octanol–water partition coefficient (Wildman–Crippen LogP) is 0.596. The van der Waals surface area contributed by atoms with E-state index in [0.29, 0.717) is 11.5 Å². The van der Waals surface area contributed by atoms with Crippen LogP contribution in [-0.4, -0.2) is 33.0 Å². The summed E-state index contributed by atoms with van der Waals surface area (Å²) in [4.78, 5) is 41.2. The van der Waals surface area contributed by atoms with E-state index in [1.807, 2.05) is 18.2 Å². The van der Waals surface area contributed by atoms with Crippen molar-refractivity contribution in [1.29, 1.82) is 0 Å². The van der Waals surface area contributed by atoms with Crippen LogP contribution in [0.5, 0.6) is 0 Å². The Hall–Kier alpha value is -2.90. The first kappa shape index (κ1) is 14.1. The van der Waals surface area contributed by atoms with Gasteiger partial charge in [-0.2, -0.15) is 9.67 Å². The van der Waals surface area contributed by atoms with Crippen LogP contribution in [0, 0.1) is 0 Å². The molecule has 0 N–H and O–H groups in total. The molecule has 1 aromatic heterocycles. The molecule has 22 heavy (non-hydrogen) atoms. The number of carbonyl (C=O) groups is 2. The first-order valence-corrected chi connectivity index (χ1v) is 6.83. The number of anilines is 1. The van der Waals surface area contributed by atoms with Gasteiger partial charge in [-0.05, 0) is 19.1 Å². The van der Waals surface area contributed by atoms with Crippen molar-refractivity contribution in [3.8, 4) is 0 Å². The summed E-state index contributed by atoms with van der Waals surface area (Å²) in [5.41, 5.74) is 0.0669. The maximum atomic E-state index is 12.5. The number of aromatic nitrogens is 3. The number of para-hydroxylation sites is 1. The van der Waals surface area contributed by atoms with Gasteiger partial charge in [0.2, 0.25) is 0 Å². The molecule has 1 aromatic carbocycles. The zero-order chi connectivity index (χ0) is 15.7. The van der Waals surface area contributed by atoms with E-state index in [1.54, 1.807) is 19.1 Å². The number of amides is 1. The summed E-state index contributed by atoms with van der Waals surface area (Å²) >= 11 is 0. The number of hydrogen-bond acceptors (Lipinski definition) is 5. The molecule has 0 radical (unpaired) electrons. The number of esters is 1. The molecule has 1 amide bonds. The predicted molar refractivity (Wildman–Crippen MR) is 76.5 cm³/mol. The third kappa shape index (κ3) is 2.28. The standard InChI is InChI=1S/C14H14N4O4/c1-2-22-12(19)9-17-13(20)15-11-8-16(14(21)18(11)17)10-6-4-3-5-7-10/h3-7H,2,8-9H2,1H3. The van der Waals surface area contributed by atoms with E-state index in [0.717, 1.165) is 9.36 Å². The summed E-state index contributed by atoms with van der Waals surface area (Å²) in [5, 5.41) is 0. The van der Waals surface area contributed by atoms with Crippen LogP contribution >= 0.6 is 0 Å². The van der Waals surface area contributed by atoms with Crippen molar-refractivity contribution in [2.75, 3.05) is 11.5 Å². The third-order valence-corrected chi connectivity index (χ3v) is 3.30. The Morgan fingerprint density at radius 3 is 2.68 bits per heavy atom. The number of ether oxygens (including phenoxy) is 1. The Morgan fingerprint density at radius 2 is 2.00 bits per heavy atom. The van der Waals surface area contributed by atoms with Crippen LogP contribution in [0.3, 0.4) is 0 Å². The topological polar surface area (TPSA) is 86.4 Å². The number of hydrogen-bond donors (Lipinski definition) is 0. The molecule has 0 bridgehead atoms. The summed E-state index contributed by atoms with van der Waals surface area (Å²) < 4.78 is 6.94. The minimum Gasteiger partial charge on any atom is -0.465 e. The maximum absolute atomic E-state index is 12.5. The van der Waals surface area contributed by atoms with Crippen LogP contribution in [-0.2, 0) is 22.6 Å².